The first-order valence-corrected chi connectivity index (χ1v) is 9.46. The molecular weight excluding hydrogens is 358 g/mol. The SMILES string of the molecule is CCOc1ncccc1C(=O)OCC(=O)N1CCN(Cc2ccccc2)CC1. The number of ether oxygens (including phenoxy) is 2. The lowest BCUT2D eigenvalue weighted by Gasteiger charge is -2.34. The first-order valence-electron chi connectivity index (χ1n) is 9.46. The Labute approximate surface area is 164 Å². The predicted octanol–water partition coefficient (Wildman–Crippen LogP) is 1.98. The maximum Gasteiger partial charge on any atom is 0.344 e. The molecule has 28 heavy (non-hydrogen) atoms. The molecule has 0 spiro atoms. The molecule has 3 rings (SSSR count). The van der Waals surface area contributed by atoms with Gasteiger partial charge in [-0.2, -0.15) is 0 Å². The molecule has 1 saturated heterocycles. The highest BCUT2D eigenvalue weighted by molar-refractivity contribution is 5.93. The molecule has 0 unspecified atom stereocenters. The summed E-state index contributed by atoms with van der Waals surface area (Å²) in [5.41, 5.74) is 1.49. The number of hydrogen-bond acceptors (Lipinski definition) is 6. The highest BCUT2D eigenvalue weighted by Gasteiger charge is 2.23. The van der Waals surface area contributed by atoms with E-state index in [9.17, 15) is 9.59 Å². The zero-order valence-corrected chi connectivity index (χ0v) is 16.0. The smallest absolute Gasteiger partial charge is 0.344 e. The summed E-state index contributed by atoms with van der Waals surface area (Å²) in [6.45, 7) is 5.64. The van der Waals surface area contributed by atoms with Crippen LogP contribution in [0.25, 0.3) is 0 Å². The van der Waals surface area contributed by atoms with Crippen LogP contribution in [0.15, 0.2) is 48.7 Å². The van der Waals surface area contributed by atoms with Gasteiger partial charge in [-0.3, -0.25) is 9.69 Å². The van der Waals surface area contributed by atoms with Crippen molar-refractivity contribution in [1.29, 1.82) is 0 Å². The molecule has 1 aliphatic rings. The number of hydrogen-bond donors (Lipinski definition) is 0. The molecule has 2 heterocycles. The summed E-state index contributed by atoms with van der Waals surface area (Å²) < 4.78 is 10.5. The molecule has 0 saturated carbocycles. The molecule has 1 fully saturated rings. The lowest BCUT2D eigenvalue weighted by atomic mass is 10.2. The highest BCUT2D eigenvalue weighted by Crippen LogP contribution is 2.15. The molecule has 1 amide bonds. The van der Waals surface area contributed by atoms with Gasteiger partial charge in [0.05, 0.1) is 6.61 Å². The second-order valence-electron chi connectivity index (χ2n) is 6.51. The van der Waals surface area contributed by atoms with Crippen LogP contribution in [0.4, 0.5) is 0 Å². The van der Waals surface area contributed by atoms with Crippen LogP contribution in [0.5, 0.6) is 5.88 Å². The minimum Gasteiger partial charge on any atom is -0.477 e. The Morgan fingerprint density at radius 3 is 2.50 bits per heavy atom. The highest BCUT2D eigenvalue weighted by atomic mass is 16.5. The second-order valence-corrected chi connectivity index (χ2v) is 6.51. The number of amides is 1. The summed E-state index contributed by atoms with van der Waals surface area (Å²) in [5.74, 6) is -0.570. The fraction of sp³-hybridized carbons (Fsp3) is 0.381. The third-order valence-electron chi connectivity index (χ3n) is 4.57. The molecule has 1 aromatic carbocycles. The quantitative estimate of drug-likeness (QED) is 0.681. The van der Waals surface area contributed by atoms with Gasteiger partial charge in [-0.25, -0.2) is 9.78 Å². The maximum absolute atomic E-state index is 12.4. The lowest BCUT2D eigenvalue weighted by molar-refractivity contribution is -0.136. The Morgan fingerprint density at radius 1 is 1.04 bits per heavy atom. The van der Waals surface area contributed by atoms with Crippen LogP contribution < -0.4 is 4.74 Å². The number of pyridine rings is 1. The first-order chi connectivity index (χ1) is 13.7. The molecule has 1 aromatic heterocycles. The number of carbonyl (C=O) groups is 2. The Bertz CT molecular complexity index is 789. The lowest BCUT2D eigenvalue weighted by Crippen LogP contribution is -2.49. The summed E-state index contributed by atoms with van der Waals surface area (Å²) >= 11 is 0. The van der Waals surface area contributed by atoms with Gasteiger partial charge in [-0.15, -0.1) is 0 Å². The molecule has 0 N–H and O–H groups in total. The van der Waals surface area contributed by atoms with Crippen molar-refractivity contribution in [3.63, 3.8) is 0 Å². The van der Waals surface area contributed by atoms with Gasteiger partial charge >= 0.3 is 5.97 Å². The van der Waals surface area contributed by atoms with Gasteiger partial charge in [0.25, 0.3) is 5.91 Å². The van der Waals surface area contributed by atoms with Crippen molar-refractivity contribution in [2.24, 2.45) is 0 Å². The standard InChI is InChI=1S/C21H25N3O4/c1-2-27-20-18(9-6-10-22-20)21(26)28-16-19(25)24-13-11-23(12-14-24)15-17-7-4-3-5-8-17/h3-10H,2,11-16H2,1H3. The van der Waals surface area contributed by atoms with E-state index < -0.39 is 5.97 Å². The summed E-state index contributed by atoms with van der Waals surface area (Å²) in [5, 5.41) is 0. The van der Waals surface area contributed by atoms with Gasteiger partial charge in [0.1, 0.15) is 5.56 Å². The topological polar surface area (TPSA) is 72.0 Å². The van der Waals surface area contributed by atoms with Crippen molar-refractivity contribution in [3.05, 3.63) is 59.8 Å². The van der Waals surface area contributed by atoms with Crippen LogP contribution >= 0.6 is 0 Å². The molecule has 2 aromatic rings. The number of piperazine rings is 1. The van der Waals surface area contributed by atoms with E-state index in [0.29, 0.717) is 19.7 Å². The summed E-state index contributed by atoms with van der Waals surface area (Å²) in [7, 11) is 0. The molecule has 7 heteroatoms. The van der Waals surface area contributed by atoms with Gasteiger partial charge in [-0.05, 0) is 24.6 Å². The third kappa shape index (κ3) is 5.29. The van der Waals surface area contributed by atoms with E-state index in [1.807, 2.05) is 25.1 Å². The largest absolute Gasteiger partial charge is 0.477 e. The van der Waals surface area contributed by atoms with Gasteiger partial charge in [-0.1, -0.05) is 30.3 Å². The summed E-state index contributed by atoms with van der Waals surface area (Å²) in [6, 6.07) is 13.5. The van der Waals surface area contributed by atoms with Crippen molar-refractivity contribution in [1.82, 2.24) is 14.8 Å². The van der Waals surface area contributed by atoms with E-state index in [0.717, 1.165) is 19.6 Å². The fourth-order valence-corrected chi connectivity index (χ4v) is 3.09. The number of aromatic nitrogens is 1. The number of nitrogens with zero attached hydrogens (tertiary/aromatic N) is 3. The van der Waals surface area contributed by atoms with Crippen LogP contribution in [-0.4, -0.2) is 66.1 Å². The van der Waals surface area contributed by atoms with Gasteiger partial charge < -0.3 is 14.4 Å². The van der Waals surface area contributed by atoms with Crippen LogP contribution in [-0.2, 0) is 16.1 Å². The molecule has 0 bridgehead atoms. The van der Waals surface area contributed by atoms with E-state index in [1.54, 1.807) is 23.2 Å². The summed E-state index contributed by atoms with van der Waals surface area (Å²) in [6.07, 6.45) is 1.54. The molecule has 0 radical (unpaired) electrons. The van der Waals surface area contributed by atoms with Crippen molar-refractivity contribution in [2.75, 3.05) is 39.4 Å². The molecule has 1 aliphatic heterocycles. The number of benzene rings is 1. The maximum atomic E-state index is 12.4. The monoisotopic (exact) mass is 383 g/mol. The Morgan fingerprint density at radius 2 is 1.79 bits per heavy atom. The molecule has 7 nitrogen and oxygen atoms in total. The molecule has 0 atom stereocenters. The van der Waals surface area contributed by atoms with Crippen molar-refractivity contribution in [3.8, 4) is 5.88 Å². The molecule has 0 aliphatic carbocycles. The Balaban J connectivity index is 1.45. The minimum atomic E-state index is -0.604. The average molecular weight is 383 g/mol. The Hall–Kier alpha value is -2.93. The predicted molar refractivity (Wildman–Crippen MR) is 104 cm³/mol. The van der Waals surface area contributed by atoms with Crippen LogP contribution in [0.2, 0.25) is 0 Å². The second kappa shape index (κ2) is 9.85. The minimum absolute atomic E-state index is 0.186. The number of esters is 1. The summed E-state index contributed by atoms with van der Waals surface area (Å²) in [4.78, 5) is 32.7. The van der Waals surface area contributed by atoms with Crippen LogP contribution in [0, 0.1) is 0 Å². The van der Waals surface area contributed by atoms with Gasteiger partial charge in [0.15, 0.2) is 6.61 Å². The van der Waals surface area contributed by atoms with Crippen LogP contribution in [0.1, 0.15) is 22.8 Å². The third-order valence-corrected chi connectivity index (χ3v) is 4.57. The van der Waals surface area contributed by atoms with E-state index in [4.69, 9.17) is 9.47 Å². The first kappa shape index (κ1) is 19.8. The van der Waals surface area contributed by atoms with Crippen LogP contribution in [0.3, 0.4) is 0 Å². The van der Waals surface area contributed by atoms with E-state index >= 15 is 0 Å². The number of rotatable bonds is 7. The molecular formula is C21H25N3O4. The average Bonchev–Trinajstić information content (AvgIpc) is 2.74. The van der Waals surface area contributed by atoms with Gasteiger partial charge in [0, 0.05) is 38.9 Å². The van der Waals surface area contributed by atoms with Gasteiger partial charge in [0.2, 0.25) is 5.88 Å². The molecule has 148 valence electrons. The number of carbonyl (C=O) groups excluding carboxylic acids is 2. The van der Waals surface area contributed by atoms with Crippen molar-refractivity contribution in [2.45, 2.75) is 13.5 Å². The zero-order valence-electron chi connectivity index (χ0n) is 16.0. The van der Waals surface area contributed by atoms with Crippen molar-refractivity contribution >= 4 is 11.9 Å². The fourth-order valence-electron chi connectivity index (χ4n) is 3.09. The zero-order chi connectivity index (χ0) is 19.8. The van der Waals surface area contributed by atoms with E-state index in [2.05, 4.69) is 22.0 Å². The van der Waals surface area contributed by atoms with Crippen molar-refractivity contribution < 1.29 is 19.1 Å². The Kier molecular flexibility index (Phi) is 6.97. The van der Waals surface area contributed by atoms with E-state index in [-0.39, 0.29) is 24.0 Å². The van der Waals surface area contributed by atoms with E-state index in [1.165, 1.54) is 5.56 Å². The normalized spacial score (nSPS) is 14.5.